The molecule has 0 spiro atoms. The number of hydrogen-bond donors (Lipinski definition) is 1. The summed E-state index contributed by atoms with van der Waals surface area (Å²) in [7, 11) is 0. The third-order valence-corrected chi connectivity index (χ3v) is 6.90. The van der Waals surface area contributed by atoms with Crippen LogP contribution >= 0.6 is 34.5 Å². The molecular weight excluding hydrogens is 507 g/mol. The summed E-state index contributed by atoms with van der Waals surface area (Å²) in [4.78, 5) is 26.0. The molecule has 6 nitrogen and oxygen atoms in total. The Hall–Kier alpha value is -3.31. The fourth-order valence-electron chi connectivity index (χ4n) is 3.11. The van der Waals surface area contributed by atoms with Crippen LogP contribution in [-0.2, 0) is 16.1 Å². The van der Waals surface area contributed by atoms with Crippen LogP contribution in [0, 0.1) is 25.2 Å². The number of hydrogen-bond acceptors (Lipinski definition) is 6. The molecule has 0 unspecified atom stereocenters. The number of carbonyl (C=O) groups is 2. The first-order valence-electron chi connectivity index (χ1n) is 10.6. The Labute approximate surface area is 217 Å². The average Bonchev–Trinajstić information content (AvgIpc) is 3.11. The number of aryl methyl sites for hydroxylation is 1. The second kappa shape index (κ2) is 11.9. The first kappa shape index (κ1) is 26.3. The molecule has 0 bridgehead atoms. The first-order chi connectivity index (χ1) is 16.7. The van der Waals surface area contributed by atoms with Crippen LogP contribution in [0.2, 0.25) is 10.0 Å². The molecule has 1 heterocycles. The first-order valence-corrected chi connectivity index (χ1v) is 12.2. The van der Waals surface area contributed by atoms with Crippen molar-refractivity contribution >= 4 is 57.5 Å². The highest BCUT2D eigenvalue weighted by molar-refractivity contribution is 7.16. The van der Waals surface area contributed by atoms with Crippen LogP contribution in [0.4, 0.5) is 5.00 Å². The summed E-state index contributed by atoms with van der Waals surface area (Å²) in [6.07, 6.45) is 1.47. The fraction of sp³-hybridized carbons (Fsp3) is 0.192. The quantitative estimate of drug-likeness (QED) is 0.193. The van der Waals surface area contributed by atoms with Crippen LogP contribution in [0.15, 0.2) is 48.0 Å². The summed E-state index contributed by atoms with van der Waals surface area (Å²) in [6.45, 7) is 5.88. The fourth-order valence-corrected chi connectivity index (χ4v) is 4.47. The third kappa shape index (κ3) is 6.64. The van der Waals surface area contributed by atoms with Crippen LogP contribution in [0.5, 0.6) is 5.75 Å². The molecule has 1 N–H and O–H groups in total. The van der Waals surface area contributed by atoms with Gasteiger partial charge < -0.3 is 14.8 Å². The van der Waals surface area contributed by atoms with Gasteiger partial charge in [-0.3, -0.25) is 4.79 Å². The van der Waals surface area contributed by atoms with E-state index in [4.69, 9.17) is 32.7 Å². The molecule has 9 heteroatoms. The van der Waals surface area contributed by atoms with Gasteiger partial charge in [0.2, 0.25) is 0 Å². The standard InChI is InChI=1S/C26H22Cl2N2O4S/c1-4-33-26(32)23-15(2)16(3)35-25(23)30-24(31)19(13-29)11-17-5-8-20(9-6-17)34-14-18-7-10-21(27)22(28)12-18/h5-12H,4,14H2,1-3H3,(H,30,31)/b19-11+. The van der Waals surface area contributed by atoms with Crippen molar-refractivity contribution in [2.75, 3.05) is 11.9 Å². The van der Waals surface area contributed by atoms with Crippen molar-refractivity contribution in [2.45, 2.75) is 27.4 Å². The molecule has 0 fully saturated rings. The summed E-state index contributed by atoms with van der Waals surface area (Å²) in [6, 6.07) is 14.1. The van der Waals surface area contributed by atoms with Gasteiger partial charge in [-0.1, -0.05) is 41.4 Å². The van der Waals surface area contributed by atoms with Crippen molar-refractivity contribution < 1.29 is 19.1 Å². The normalized spacial score (nSPS) is 11.0. The number of nitrogens with zero attached hydrogens (tertiary/aromatic N) is 1. The highest BCUT2D eigenvalue weighted by Crippen LogP contribution is 2.33. The summed E-state index contributed by atoms with van der Waals surface area (Å²) in [5.41, 5.74) is 2.45. The molecule has 1 aromatic heterocycles. The van der Waals surface area contributed by atoms with Gasteiger partial charge in [-0.05, 0) is 67.8 Å². The largest absolute Gasteiger partial charge is 0.489 e. The minimum Gasteiger partial charge on any atom is -0.489 e. The van der Waals surface area contributed by atoms with Crippen LogP contribution in [0.3, 0.4) is 0 Å². The molecule has 3 aromatic rings. The van der Waals surface area contributed by atoms with Crippen LogP contribution in [-0.4, -0.2) is 18.5 Å². The van der Waals surface area contributed by atoms with Gasteiger partial charge in [0.15, 0.2) is 0 Å². The predicted octanol–water partition coefficient (Wildman–Crippen LogP) is 6.97. The number of thiophene rings is 1. The van der Waals surface area contributed by atoms with Crippen LogP contribution < -0.4 is 10.1 Å². The lowest BCUT2D eigenvalue weighted by molar-refractivity contribution is -0.112. The molecule has 1 amide bonds. The Kier molecular flexibility index (Phi) is 8.94. The van der Waals surface area contributed by atoms with E-state index in [2.05, 4.69) is 5.32 Å². The van der Waals surface area contributed by atoms with E-state index in [1.54, 1.807) is 50.2 Å². The zero-order valence-corrected chi connectivity index (χ0v) is 21.6. The zero-order valence-electron chi connectivity index (χ0n) is 19.3. The molecule has 0 aliphatic heterocycles. The molecule has 2 aromatic carbocycles. The van der Waals surface area contributed by atoms with E-state index in [0.717, 1.165) is 16.0 Å². The van der Waals surface area contributed by atoms with Crippen molar-refractivity contribution in [1.82, 2.24) is 0 Å². The SMILES string of the molecule is CCOC(=O)c1c(NC(=O)/C(C#N)=C/c2ccc(OCc3ccc(Cl)c(Cl)c3)cc2)sc(C)c1C. The number of nitriles is 1. The molecule has 0 saturated heterocycles. The molecule has 180 valence electrons. The highest BCUT2D eigenvalue weighted by atomic mass is 35.5. The van der Waals surface area contributed by atoms with Crippen molar-refractivity contribution in [1.29, 1.82) is 5.26 Å². The Balaban J connectivity index is 1.71. The molecule has 0 saturated carbocycles. The van der Waals surface area contributed by atoms with Gasteiger partial charge in [0.05, 0.1) is 22.2 Å². The van der Waals surface area contributed by atoms with Gasteiger partial charge in [-0.2, -0.15) is 5.26 Å². The van der Waals surface area contributed by atoms with E-state index in [1.165, 1.54) is 17.4 Å². The maximum absolute atomic E-state index is 12.8. The number of nitrogens with one attached hydrogen (secondary N) is 1. The molecule has 0 radical (unpaired) electrons. The smallest absolute Gasteiger partial charge is 0.341 e. The Bertz CT molecular complexity index is 1320. The average molecular weight is 529 g/mol. The van der Waals surface area contributed by atoms with Gasteiger partial charge in [0.25, 0.3) is 5.91 Å². The van der Waals surface area contributed by atoms with Gasteiger partial charge in [0.1, 0.15) is 29.0 Å². The van der Waals surface area contributed by atoms with Crippen molar-refractivity contribution in [3.63, 3.8) is 0 Å². The van der Waals surface area contributed by atoms with E-state index >= 15 is 0 Å². The summed E-state index contributed by atoms with van der Waals surface area (Å²) < 4.78 is 10.9. The van der Waals surface area contributed by atoms with Crippen LogP contribution in [0.1, 0.15) is 38.8 Å². The lowest BCUT2D eigenvalue weighted by Crippen LogP contribution is -2.16. The number of amides is 1. The second-order valence-electron chi connectivity index (χ2n) is 7.44. The van der Waals surface area contributed by atoms with Gasteiger partial charge in [-0.15, -0.1) is 11.3 Å². The monoisotopic (exact) mass is 528 g/mol. The summed E-state index contributed by atoms with van der Waals surface area (Å²) in [5, 5.41) is 13.5. The Morgan fingerprint density at radius 3 is 2.46 bits per heavy atom. The second-order valence-corrected chi connectivity index (χ2v) is 9.48. The minimum absolute atomic E-state index is 0.104. The Morgan fingerprint density at radius 1 is 1.11 bits per heavy atom. The van der Waals surface area contributed by atoms with E-state index in [9.17, 15) is 14.9 Å². The molecule has 0 aliphatic rings. The lowest BCUT2D eigenvalue weighted by atomic mass is 10.1. The lowest BCUT2D eigenvalue weighted by Gasteiger charge is -2.08. The van der Waals surface area contributed by atoms with Gasteiger partial charge in [0, 0.05) is 4.88 Å². The van der Waals surface area contributed by atoms with Crippen molar-refractivity contribution in [3.8, 4) is 11.8 Å². The number of carbonyl (C=O) groups excluding carboxylic acids is 2. The Morgan fingerprint density at radius 2 is 1.83 bits per heavy atom. The van der Waals surface area contributed by atoms with Crippen molar-refractivity contribution in [2.24, 2.45) is 0 Å². The number of esters is 1. The molecule has 0 aliphatic carbocycles. The number of rotatable bonds is 8. The third-order valence-electron chi connectivity index (χ3n) is 5.04. The van der Waals surface area contributed by atoms with E-state index in [1.807, 2.05) is 19.1 Å². The van der Waals surface area contributed by atoms with Crippen LogP contribution in [0.25, 0.3) is 6.08 Å². The van der Waals surface area contributed by atoms with Gasteiger partial charge >= 0.3 is 5.97 Å². The number of ether oxygens (including phenoxy) is 2. The summed E-state index contributed by atoms with van der Waals surface area (Å²) in [5.74, 6) is -0.511. The molecule has 3 rings (SSSR count). The highest BCUT2D eigenvalue weighted by Gasteiger charge is 2.23. The van der Waals surface area contributed by atoms with E-state index in [-0.39, 0.29) is 12.2 Å². The maximum atomic E-state index is 12.8. The molecule has 0 atom stereocenters. The molecule has 35 heavy (non-hydrogen) atoms. The van der Waals surface area contributed by atoms with Crippen molar-refractivity contribution in [3.05, 3.63) is 85.2 Å². The molecular formula is C26H22Cl2N2O4S. The zero-order chi connectivity index (χ0) is 25.5. The minimum atomic E-state index is -0.612. The maximum Gasteiger partial charge on any atom is 0.341 e. The van der Waals surface area contributed by atoms with E-state index in [0.29, 0.717) is 38.5 Å². The number of benzene rings is 2. The topological polar surface area (TPSA) is 88.4 Å². The van der Waals surface area contributed by atoms with Gasteiger partial charge in [-0.25, -0.2) is 4.79 Å². The number of anilines is 1. The summed E-state index contributed by atoms with van der Waals surface area (Å²) >= 11 is 13.2. The van der Waals surface area contributed by atoms with E-state index < -0.39 is 11.9 Å². The predicted molar refractivity (Wildman–Crippen MR) is 139 cm³/mol. The number of halogens is 2.